The van der Waals surface area contributed by atoms with Gasteiger partial charge in [0.05, 0.1) is 6.42 Å². The molecular formula is C9H6F8O4. The van der Waals surface area contributed by atoms with Crippen molar-refractivity contribution in [3.8, 4) is 0 Å². The molecule has 1 aromatic heterocycles. The van der Waals surface area contributed by atoms with Gasteiger partial charge >= 0.3 is 30.2 Å². The van der Waals surface area contributed by atoms with Crippen LogP contribution >= 0.6 is 0 Å². The Kier molecular flexibility index (Phi) is 4.70. The highest BCUT2D eigenvalue weighted by molar-refractivity contribution is 4.94. The molecule has 0 aliphatic rings. The Hall–Kier alpha value is -1.59. The third-order valence-electron chi connectivity index (χ3n) is 2.09. The van der Waals surface area contributed by atoms with Gasteiger partial charge in [-0.1, -0.05) is 0 Å². The standard InChI is InChI=1S/C9H6F8O4/c10-5(11)7(12,13)3-20-9(16,17)8(14,15)1-4-2-19-6(18)21-4/h2,5H,1,3H2. The second-order valence-corrected chi connectivity index (χ2v) is 3.80. The summed E-state index contributed by atoms with van der Waals surface area (Å²) in [6, 6.07) is 0. The van der Waals surface area contributed by atoms with Crippen LogP contribution in [0.5, 0.6) is 0 Å². The number of ether oxygens (including phenoxy) is 1. The van der Waals surface area contributed by atoms with Crippen molar-refractivity contribution in [1.82, 2.24) is 0 Å². The van der Waals surface area contributed by atoms with Gasteiger partial charge in [-0.15, -0.1) is 0 Å². The molecule has 0 radical (unpaired) electrons. The molecule has 0 atom stereocenters. The highest BCUT2D eigenvalue weighted by Crippen LogP contribution is 2.39. The summed E-state index contributed by atoms with van der Waals surface area (Å²) in [5.41, 5.74) is 0. The van der Waals surface area contributed by atoms with Gasteiger partial charge in [-0.2, -0.15) is 26.3 Å². The Morgan fingerprint density at radius 1 is 1.14 bits per heavy atom. The molecule has 0 amide bonds. The average Bonchev–Trinajstić information content (AvgIpc) is 2.71. The Bertz CT molecular complexity index is 520. The van der Waals surface area contributed by atoms with Gasteiger partial charge in [-0.3, -0.25) is 0 Å². The number of halogens is 8. The molecule has 0 N–H and O–H groups in total. The monoisotopic (exact) mass is 330 g/mol. The summed E-state index contributed by atoms with van der Waals surface area (Å²) in [6.07, 6.45) is -11.5. The molecule has 0 spiro atoms. The molecule has 4 nitrogen and oxygen atoms in total. The van der Waals surface area contributed by atoms with Gasteiger partial charge in [0, 0.05) is 0 Å². The van der Waals surface area contributed by atoms with Crippen LogP contribution in [0.15, 0.2) is 19.9 Å². The first-order valence-corrected chi connectivity index (χ1v) is 5.00. The highest BCUT2D eigenvalue weighted by Gasteiger charge is 2.60. The van der Waals surface area contributed by atoms with Gasteiger partial charge in [0.2, 0.25) is 0 Å². The second-order valence-electron chi connectivity index (χ2n) is 3.80. The van der Waals surface area contributed by atoms with Gasteiger partial charge < -0.3 is 13.6 Å². The van der Waals surface area contributed by atoms with E-state index in [4.69, 9.17) is 0 Å². The number of hydrogen-bond acceptors (Lipinski definition) is 4. The maximum absolute atomic E-state index is 13.2. The van der Waals surface area contributed by atoms with Crippen LogP contribution in [-0.4, -0.2) is 31.0 Å². The molecule has 21 heavy (non-hydrogen) atoms. The molecule has 0 saturated heterocycles. The SMILES string of the molecule is O=c1occ(CC(F)(F)C(F)(F)OCC(F)(F)C(F)F)o1. The lowest BCUT2D eigenvalue weighted by molar-refractivity contribution is -0.364. The molecule has 12 heteroatoms. The van der Waals surface area contributed by atoms with E-state index in [1.165, 1.54) is 0 Å². The fourth-order valence-corrected chi connectivity index (χ4v) is 1.02. The lowest BCUT2D eigenvalue weighted by atomic mass is 10.2. The minimum absolute atomic E-state index is 0.306. The van der Waals surface area contributed by atoms with Crippen molar-refractivity contribution >= 4 is 0 Å². The molecule has 0 aromatic carbocycles. The van der Waals surface area contributed by atoms with Crippen molar-refractivity contribution in [2.75, 3.05) is 6.61 Å². The first-order valence-electron chi connectivity index (χ1n) is 5.00. The van der Waals surface area contributed by atoms with Crippen molar-refractivity contribution < 1.29 is 48.7 Å². The van der Waals surface area contributed by atoms with Crippen LogP contribution in [0, 0.1) is 0 Å². The van der Waals surface area contributed by atoms with E-state index in [-0.39, 0.29) is 0 Å². The fourth-order valence-electron chi connectivity index (χ4n) is 1.02. The van der Waals surface area contributed by atoms with Gasteiger partial charge in [0.25, 0.3) is 0 Å². The van der Waals surface area contributed by atoms with Crippen LogP contribution in [0.1, 0.15) is 5.76 Å². The smallest absolute Gasteiger partial charge is 0.399 e. The van der Waals surface area contributed by atoms with E-state index in [1.807, 2.05) is 0 Å². The van der Waals surface area contributed by atoms with Gasteiger partial charge in [0.15, 0.2) is 5.76 Å². The maximum Gasteiger partial charge on any atom is 0.518 e. The van der Waals surface area contributed by atoms with Crippen LogP contribution in [0.3, 0.4) is 0 Å². The quantitative estimate of drug-likeness (QED) is 0.722. The van der Waals surface area contributed by atoms with Crippen molar-refractivity contribution in [1.29, 1.82) is 0 Å². The Labute approximate surface area is 110 Å². The van der Waals surface area contributed by atoms with Crippen molar-refractivity contribution in [3.05, 3.63) is 22.6 Å². The van der Waals surface area contributed by atoms with E-state index in [2.05, 4.69) is 13.6 Å². The van der Waals surface area contributed by atoms with Crippen LogP contribution < -0.4 is 5.82 Å². The van der Waals surface area contributed by atoms with E-state index in [1.54, 1.807) is 0 Å². The van der Waals surface area contributed by atoms with Gasteiger partial charge in [-0.05, 0) is 0 Å². The van der Waals surface area contributed by atoms with Crippen LogP contribution in [0.2, 0.25) is 0 Å². The first kappa shape index (κ1) is 17.5. The predicted molar refractivity (Wildman–Crippen MR) is 47.7 cm³/mol. The van der Waals surface area contributed by atoms with Gasteiger partial charge in [-0.25, -0.2) is 13.6 Å². The van der Waals surface area contributed by atoms with E-state index in [0.29, 0.717) is 6.26 Å². The van der Waals surface area contributed by atoms with Crippen molar-refractivity contribution in [3.63, 3.8) is 0 Å². The molecule has 1 rings (SSSR count). The molecule has 0 fully saturated rings. The summed E-state index contributed by atoms with van der Waals surface area (Å²) in [4.78, 5) is 10.4. The van der Waals surface area contributed by atoms with Crippen molar-refractivity contribution in [2.45, 2.75) is 30.8 Å². The van der Waals surface area contributed by atoms with Crippen LogP contribution in [0.25, 0.3) is 0 Å². The molecule has 122 valence electrons. The number of alkyl halides is 8. The van der Waals surface area contributed by atoms with E-state index < -0.39 is 49.0 Å². The third-order valence-corrected chi connectivity index (χ3v) is 2.09. The largest absolute Gasteiger partial charge is 0.518 e. The summed E-state index contributed by atoms with van der Waals surface area (Å²) in [7, 11) is 0. The summed E-state index contributed by atoms with van der Waals surface area (Å²) >= 11 is 0. The normalized spacial score (nSPS) is 14.0. The number of rotatable bonds is 7. The molecular weight excluding hydrogens is 324 g/mol. The van der Waals surface area contributed by atoms with Gasteiger partial charge in [0.1, 0.15) is 12.9 Å². The predicted octanol–water partition coefficient (Wildman–Crippen LogP) is 2.92. The zero-order valence-electron chi connectivity index (χ0n) is 9.73. The zero-order chi connectivity index (χ0) is 16.5. The van der Waals surface area contributed by atoms with E-state index in [0.717, 1.165) is 0 Å². The fraction of sp³-hybridized carbons (Fsp3) is 0.667. The summed E-state index contributed by atoms with van der Waals surface area (Å²) in [5, 5.41) is 0. The molecule has 1 aromatic rings. The molecule has 0 aliphatic carbocycles. The minimum Gasteiger partial charge on any atom is -0.399 e. The molecule has 0 bridgehead atoms. The summed E-state index contributed by atoms with van der Waals surface area (Å²) in [5.74, 6) is -12.6. The number of hydrogen-bond donors (Lipinski definition) is 0. The first-order chi connectivity index (χ1) is 9.37. The lowest BCUT2D eigenvalue weighted by Gasteiger charge is -2.27. The topological polar surface area (TPSA) is 52.6 Å². The Morgan fingerprint density at radius 2 is 1.71 bits per heavy atom. The average molecular weight is 330 g/mol. The molecule has 0 unspecified atom stereocenters. The summed E-state index contributed by atoms with van der Waals surface area (Å²) in [6.45, 7) is -2.62. The lowest BCUT2D eigenvalue weighted by Crippen LogP contribution is -2.47. The van der Waals surface area contributed by atoms with Crippen LogP contribution in [-0.2, 0) is 11.2 Å². The molecule has 0 saturated carbocycles. The third kappa shape index (κ3) is 4.19. The van der Waals surface area contributed by atoms with Crippen molar-refractivity contribution in [2.24, 2.45) is 0 Å². The molecule has 0 aliphatic heterocycles. The van der Waals surface area contributed by atoms with E-state index in [9.17, 15) is 39.9 Å². The maximum atomic E-state index is 13.2. The Balaban J connectivity index is 2.77. The second kappa shape index (κ2) is 5.66. The Morgan fingerprint density at radius 3 is 2.14 bits per heavy atom. The highest BCUT2D eigenvalue weighted by atomic mass is 19.3. The zero-order valence-corrected chi connectivity index (χ0v) is 9.73. The minimum atomic E-state index is -5.50. The van der Waals surface area contributed by atoms with E-state index >= 15 is 0 Å². The summed E-state index contributed by atoms with van der Waals surface area (Å²) < 4.78 is 111. The van der Waals surface area contributed by atoms with Crippen LogP contribution in [0.4, 0.5) is 35.1 Å². The molecule has 1 heterocycles.